The van der Waals surface area contributed by atoms with Crippen molar-refractivity contribution in [1.82, 2.24) is 19.9 Å². The molecule has 3 N–H and O–H groups in total. The fourth-order valence-corrected chi connectivity index (χ4v) is 5.27. The lowest BCUT2D eigenvalue weighted by Crippen LogP contribution is -2.42. The van der Waals surface area contributed by atoms with E-state index in [1.54, 1.807) is 72.7 Å². The van der Waals surface area contributed by atoms with Crippen LogP contribution < -0.4 is 25.6 Å². The third kappa shape index (κ3) is 9.66. The van der Waals surface area contributed by atoms with Gasteiger partial charge < -0.3 is 30.2 Å². The summed E-state index contributed by atoms with van der Waals surface area (Å²) in [5.74, 6) is -1.26. The molecule has 2 aromatic heterocycles. The van der Waals surface area contributed by atoms with Gasteiger partial charge in [0, 0.05) is 17.6 Å². The summed E-state index contributed by atoms with van der Waals surface area (Å²) in [6.07, 6.45) is -2.92. The van der Waals surface area contributed by atoms with Crippen LogP contribution in [-0.2, 0) is 14.3 Å². The minimum atomic E-state index is -5.17. The molecule has 3 aromatic rings. The number of alkyl carbamates (subject to hydrolysis) is 1. The highest BCUT2D eigenvalue weighted by Gasteiger charge is 2.40. The van der Waals surface area contributed by atoms with Gasteiger partial charge in [-0.2, -0.15) is 22.8 Å². The maximum absolute atomic E-state index is 13.9. The number of nitrogens with zero attached hydrogens (tertiary/aromatic N) is 4. The zero-order valence-electron chi connectivity index (χ0n) is 28.9. The fraction of sp³-hybridized carbons (Fsp3) is 0.545. The van der Waals surface area contributed by atoms with Gasteiger partial charge in [-0.15, -0.1) is 0 Å². The van der Waals surface area contributed by atoms with Crippen LogP contribution in [0.5, 0.6) is 5.75 Å². The van der Waals surface area contributed by atoms with Crippen molar-refractivity contribution in [2.24, 2.45) is 0 Å². The van der Waals surface area contributed by atoms with E-state index in [9.17, 15) is 27.6 Å². The molecule has 1 aliphatic rings. The van der Waals surface area contributed by atoms with Gasteiger partial charge in [0.05, 0.1) is 18.5 Å². The largest absolute Gasteiger partial charge is 0.494 e. The molecular formula is C33H44F3N7O6. The number of ether oxygens (including phenoxy) is 3. The maximum atomic E-state index is 13.9. The minimum Gasteiger partial charge on any atom is -0.494 e. The number of nitrogens with one attached hydrogen (secondary N) is 3. The normalized spacial score (nSPS) is 16.9. The number of carbonyl (C=O) groups excluding carboxylic acids is 3. The molecule has 49 heavy (non-hydrogen) atoms. The van der Waals surface area contributed by atoms with Crippen molar-refractivity contribution < 1.29 is 41.8 Å². The van der Waals surface area contributed by atoms with Gasteiger partial charge in [0.15, 0.2) is 11.5 Å². The monoisotopic (exact) mass is 691 g/mol. The van der Waals surface area contributed by atoms with E-state index in [0.717, 1.165) is 6.20 Å². The summed E-state index contributed by atoms with van der Waals surface area (Å²) in [7, 11) is 0. The Balaban J connectivity index is 1.77. The lowest BCUT2D eigenvalue weighted by molar-refractivity contribution is -0.167. The predicted molar refractivity (Wildman–Crippen MR) is 177 cm³/mol. The van der Waals surface area contributed by atoms with Crippen LogP contribution in [0.1, 0.15) is 79.7 Å². The second-order valence-electron chi connectivity index (χ2n) is 13.7. The lowest BCUT2D eigenvalue weighted by Gasteiger charge is -2.32. The zero-order valence-corrected chi connectivity index (χ0v) is 28.9. The Hall–Kier alpha value is -4.76. The summed E-state index contributed by atoms with van der Waals surface area (Å²) in [6.45, 7) is 14.4. The van der Waals surface area contributed by atoms with Crippen molar-refractivity contribution in [3.8, 4) is 5.75 Å². The van der Waals surface area contributed by atoms with Crippen LogP contribution in [0.25, 0.3) is 5.65 Å². The Bertz CT molecular complexity index is 1650. The number of halogens is 3. The van der Waals surface area contributed by atoms with Gasteiger partial charge in [0.25, 0.3) is 0 Å². The quantitative estimate of drug-likeness (QED) is 0.222. The second-order valence-corrected chi connectivity index (χ2v) is 13.7. The number of carbonyl (C=O) groups is 3. The molecule has 1 aromatic carbocycles. The molecular weight excluding hydrogens is 647 g/mol. The molecule has 0 spiro atoms. The average Bonchev–Trinajstić information content (AvgIpc) is 3.36. The Morgan fingerprint density at radius 1 is 0.939 bits per heavy atom. The van der Waals surface area contributed by atoms with Crippen molar-refractivity contribution in [3.05, 3.63) is 36.0 Å². The number of benzene rings is 1. The van der Waals surface area contributed by atoms with Crippen molar-refractivity contribution >= 4 is 46.8 Å². The van der Waals surface area contributed by atoms with Gasteiger partial charge in [0.2, 0.25) is 0 Å². The zero-order chi connectivity index (χ0) is 36.3. The number of aromatic nitrogens is 3. The van der Waals surface area contributed by atoms with Crippen molar-refractivity contribution in [1.29, 1.82) is 0 Å². The summed E-state index contributed by atoms with van der Waals surface area (Å²) in [5.41, 5.74) is -1.22. The summed E-state index contributed by atoms with van der Waals surface area (Å²) >= 11 is 0. The topological polar surface area (TPSA) is 148 Å². The highest BCUT2D eigenvalue weighted by atomic mass is 19.4. The van der Waals surface area contributed by atoms with Crippen LogP contribution in [-0.4, -0.2) is 68.8 Å². The molecule has 13 nitrogen and oxygen atoms in total. The molecule has 3 amide bonds. The molecule has 0 atom stereocenters. The lowest BCUT2D eigenvalue weighted by atomic mass is 9.91. The first-order valence-corrected chi connectivity index (χ1v) is 16.0. The van der Waals surface area contributed by atoms with E-state index in [-0.39, 0.29) is 35.1 Å². The van der Waals surface area contributed by atoms with E-state index in [4.69, 9.17) is 14.2 Å². The highest BCUT2D eigenvalue weighted by molar-refractivity contribution is 6.00. The van der Waals surface area contributed by atoms with Crippen LogP contribution in [0.4, 0.5) is 45.8 Å². The third-order valence-electron chi connectivity index (χ3n) is 7.34. The van der Waals surface area contributed by atoms with Gasteiger partial charge in [-0.1, -0.05) is 0 Å². The second kappa shape index (κ2) is 14.4. The standard InChI is InChI=1S/C33H44F3N7O6/c1-9-47-23-16-14-22(15-17-23)42(30(46)49-32(6,7)8)27-19(2)25(41-26-24(18-37-43(26)27)40-28(44)33(34,35)36)38-20-10-12-21(13-11-20)39-29(45)48-31(3,4)5/h14-18,20-21H,9-13H2,1-8H3,(H,38,41)(H,39,45)(H,40,44). The van der Waals surface area contributed by atoms with E-state index in [2.05, 4.69) is 20.7 Å². The van der Waals surface area contributed by atoms with Crippen LogP contribution in [0.15, 0.2) is 30.5 Å². The molecule has 268 valence electrons. The SMILES string of the molecule is CCOc1ccc(N(C(=O)OC(C)(C)C)c2c(C)c(NC3CCC(NC(=O)OC(C)(C)C)CC3)nc3c(NC(=O)C(F)(F)F)cnn23)cc1. The van der Waals surface area contributed by atoms with Gasteiger partial charge in [-0.05, 0) is 105 Å². The van der Waals surface area contributed by atoms with Gasteiger partial charge in [-0.25, -0.2) is 19.5 Å². The minimum absolute atomic E-state index is 0.110. The fourth-order valence-electron chi connectivity index (χ4n) is 5.27. The van der Waals surface area contributed by atoms with Gasteiger partial charge in [-0.3, -0.25) is 4.79 Å². The van der Waals surface area contributed by atoms with E-state index < -0.39 is 35.5 Å². The van der Waals surface area contributed by atoms with Gasteiger partial charge in [0.1, 0.15) is 28.5 Å². The molecule has 0 unspecified atom stereocenters. The molecule has 1 fully saturated rings. The predicted octanol–water partition coefficient (Wildman–Crippen LogP) is 7.26. The molecule has 1 saturated carbocycles. The molecule has 0 saturated heterocycles. The molecule has 1 aliphatic carbocycles. The summed E-state index contributed by atoms with van der Waals surface area (Å²) in [4.78, 5) is 44.0. The summed E-state index contributed by atoms with van der Waals surface area (Å²) in [5, 5.41) is 12.4. The Morgan fingerprint density at radius 2 is 1.53 bits per heavy atom. The molecule has 0 aliphatic heterocycles. The first kappa shape index (κ1) is 37.1. The average molecular weight is 692 g/mol. The number of alkyl halides is 3. The summed E-state index contributed by atoms with van der Waals surface area (Å²) < 4.78 is 57.8. The van der Waals surface area contributed by atoms with E-state index in [1.807, 2.05) is 12.2 Å². The Kier molecular flexibility index (Phi) is 10.9. The van der Waals surface area contributed by atoms with Crippen molar-refractivity contribution in [2.45, 2.75) is 111 Å². The maximum Gasteiger partial charge on any atom is 0.471 e. The number of rotatable bonds is 8. The Labute approximate surface area is 282 Å². The van der Waals surface area contributed by atoms with Crippen LogP contribution in [0.2, 0.25) is 0 Å². The molecule has 2 heterocycles. The summed E-state index contributed by atoms with van der Waals surface area (Å²) in [6, 6.07) is 6.37. The van der Waals surface area contributed by atoms with Crippen LogP contribution in [0, 0.1) is 6.92 Å². The number of fused-ring (bicyclic) bond motifs is 1. The molecule has 0 bridgehead atoms. The van der Waals surface area contributed by atoms with E-state index >= 15 is 0 Å². The number of hydrogen-bond acceptors (Lipinski definition) is 9. The van der Waals surface area contributed by atoms with Crippen LogP contribution >= 0.6 is 0 Å². The molecule has 0 radical (unpaired) electrons. The number of anilines is 4. The van der Waals surface area contributed by atoms with E-state index in [0.29, 0.717) is 49.3 Å². The first-order chi connectivity index (χ1) is 22.8. The molecule has 4 rings (SSSR count). The highest BCUT2D eigenvalue weighted by Crippen LogP contribution is 2.37. The Morgan fingerprint density at radius 3 is 2.08 bits per heavy atom. The first-order valence-electron chi connectivity index (χ1n) is 16.0. The van der Waals surface area contributed by atoms with E-state index in [1.165, 1.54) is 9.42 Å². The van der Waals surface area contributed by atoms with Crippen LogP contribution in [0.3, 0.4) is 0 Å². The molecule has 16 heteroatoms. The smallest absolute Gasteiger partial charge is 0.471 e. The number of amides is 3. The van der Waals surface area contributed by atoms with Crippen molar-refractivity contribution in [3.63, 3.8) is 0 Å². The third-order valence-corrected chi connectivity index (χ3v) is 7.34. The van der Waals surface area contributed by atoms with Crippen molar-refractivity contribution in [2.75, 3.05) is 22.1 Å². The number of hydrogen-bond donors (Lipinski definition) is 3. The van der Waals surface area contributed by atoms with Gasteiger partial charge >= 0.3 is 24.3 Å².